The van der Waals surface area contributed by atoms with Crippen molar-refractivity contribution in [1.82, 2.24) is 0 Å². The molecule has 0 aliphatic rings. The minimum absolute atomic E-state index is 0.583. The van der Waals surface area contributed by atoms with Gasteiger partial charge >= 0.3 is 6.71 Å². The van der Waals surface area contributed by atoms with Crippen LogP contribution in [0.25, 0.3) is 0 Å². The van der Waals surface area contributed by atoms with E-state index in [1.807, 2.05) is 0 Å². The first-order valence-corrected chi connectivity index (χ1v) is 6.44. The van der Waals surface area contributed by atoms with Gasteiger partial charge in [-0.3, -0.25) is 20.2 Å². The molecule has 0 amide bonds. The predicted molar refractivity (Wildman–Crippen MR) is 69.3 cm³/mol. The molecule has 0 aliphatic heterocycles. The minimum atomic E-state index is -1.56. The summed E-state index contributed by atoms with van der Waals surface area (Å²) in [5.74, 6) is 0. The minimum Gasteiger partial charge on any atom is -0.387 e. The van der Waals surface area contributed by atoms with E-state index in [-0.39, 0.29) is 0 Å². The smallest absolute Gasteiger partial charge is 0.349 e. The molecule has 0 heterocycles. The fraction of sp³-hybridized carbons (Fsp3) is 1.00. The lowest BCUT2D eigenvalue weighted by Gasteiger charge is -2.05. The standard InChI is InChI=1S/2C2H3Br2NO3/c2*3-2(4,1-6)5(7)8/h2*6H,1H2. The van der Waals surface area contributed by atoms with E-state index in [0.29, 0.717) is 0 Å². The van der Waals surface area contributed by atoms with Crippen LogP contribution < -0.4 is 0 Å². The predicted octanol–water partition coefficient (Wildman–Crippen LogP) is 1.40. The second-order valence-corrected chi connectivity index (χ2v) is 9.54. The molecule has 0 saturated carbocycles. The summed E-state index contributed by atoms with van der Waals surface area (Å²) in [6, 6.07) is 0. The van der Waals surface area contributed by atoms with E-state index in [0.717, 1.165) is 0 Å². The molecule has 0 aromatic carbocycles. The molecule has 0 atom stereocenters. The molecule has 2 N–H and O–H groups in total. The number of hydrogen-bond acceptors (Lipinski definition) is 6. The molecular formula is C4H6Br4N2O6. The fourth-order valence-electron chi connectivity index (χ4n) is 0.115. The quantitative estimate of drug-likeness (QED) is 0.262. The first-order chi connectivity index (χ1) is 7.01. The topological polar surface area (TPSA) is 127 Å². The zero-order valence-corrected chi connectivity index (χ0v) is 13.7. The van der Waals surface area contributed by atoms with E-state index in [9.17, 15) is 20.2 Å². The highest BCUT2D eigenvalue weighted by atomic mass is 79.9. The summed E-state index contributed by atoms with van der Waals surface area (Å²) in [5.41, 5.74) is 0. The second kappa shape index (κ2) is 7.87. The van der Waals surface area contributed by atoms with Gasteiger partial charge in [0.05, 0.1) is 9.85 Å². The van der Waals surface area contributed by atoms with Crippen molar-refractivity contribution in [2.75, 3.05) is 13.2 Å². The van der Waals surface area contributed by atoms with Crippen molar-refractivity contribution in [3.8, 4) is 0 Å². The van der Waals surface area contributed by atoms with Crippen LogP contribution in [-0.4, -0.2) is 40.0 Å². The summed E-state index contributed by atoms with van der Waals surface area (Å²) in [6.45, 7) is -1.17. The van der Waals surface area contributed by atoms with E-state index in [4.69, 9.17) is 10.2 Å². The normalized spacial score (nSPS) is 11.4. The summed E-state index contributed by atoms with van der Waals surface area (Å²) in [6.07, 6.45) is 0. The molecule has 0 unspecified atom stereocenters. The van der Waals surface area contributed by atoms with E-state index in [1.165, 1.54) is 0 Å². The largest absolute Gasteiger partial charge is 0.387 e. The van der Waals surface area contributed by atoms with Gasteiger partial charge in [-0.25, -0.2) is 0 Å². The summed E-state index contributed by atoms with van der Waals surface area (Å²) in [5, 5.41) is 36.1. The van der Waals surface area contributed by atoms with Crippen LogP contribution in [-0.2, 0) is 0 Å². The number of nitro groups is 2. The van der Waals surface area contributed by atoms with Crippen LogP contribution in [0.3, 0.4) is 0 Å². The number of alkyl halides is 4. The van der Waals surface area contributed by atoms with Crippen LogP contribution in [0.4, 0.5) is 0 Å². The number of nitrogens with zero attached hydrogens (tertiary/aromatic N) is 2. The molecule has 0 saturated heterocycles. The Morgan fingerprint density at radius 1 is 0.875 bits per heavy atom. The number of hydrogen-bond donors (Lipinski definition) is 2. The molecule has 12 heteroatoms. The first-order valence-electron chi connectivity index (χ1n) is 3.27. The maximum atomic E-state index is 9.80. The van der Waals surface area contributed by atoms with Crippen LogP contribution in [0.15, 0.2) is 0 Å². The van der Waals surface area contributed by atoms with Crippen molar-refractivity contribution >= 4 is 63.7 Å². The number of aliphatic hydroxyl groups is 2. The number of halogens is 4. The highest BCUT2D eigenvalue weighted by Crippen LogP contribution is 2.25. The van der Waals surface area contributed by atoms with Gasteiger partial charge in [-0.1, -0.05) is 0 Å². The number of rotatable bonds is 4. The lowest BCUT2D eigenvalue weighted by Crippen LogP contribution is -2.27. The SMILES string of the molecule is O=[N+]([O-])C(Br)(Br)CO.O=[N+]([O-])C(Br)(Br)CO. The van der Waals surface area contributed by atoms with Crippen molar-refractivity contribution < 1.29 is 20.1 Å². The van der Waals surface area contributed by atoms with Gasteiger partial charge in [-0.05, 0) is 0 Å². The zero-order valence-electron chi connectivity index (χ0n) is 7.35. The fourth-order valence-corrected chi connectivity index (χ4v) is 0.115. The Kier molecular flexibility index (Phi) is 9.34. The maximum Gasteiger partial charge on any atom is 0.349 e. The summed E-state index contributed by atoms with van der Waals surface area (Å²) >= 11 is 10.5. The molecule has 0 aromatic rings. The Morgan fingerprint density at radius 3 is 1.06 bits per heavy atom. The van der Waals surface area contributed by atoms with Gasteiger partial charge in [0.25, 0.3) is 0 Å². The van der Waals surface area contributed by atoms with E-state index in [2.05, 4.69) is 63.7 Å². The Morgan fingerprint density at radius 2 is 1.06 bits per heavy atom. The van der Waals surface area contributed by atoms with Gasteiger partial charge in [0.15, 0.2) is 0 Å². The van der Waals surface area contributed by atoms with Crippen molar-refractivity contribution in [2.24, 2.45) is 0 Å². The highest BCUT2D eigenvalue weighted by molar-refractivity contribution is 9.25. The van der Waals surface area contributed by atoms with Crippen molar-refractivity contribution in [1.29, 1.82) is 0 Å². The first kappa shape index (κ1) is 19.0. The van der Waals surface area contributed by atoms with Gasteiger partial charge in [-0.2, -0.15) is 0 Å². The molecule has 0 radical (unpaired) electrons. The van der Waals surface area contributed by atoms with Gasteiger partial charge in [0.1, 0.15) is 13.2 Å². The van der Waals surface area contributed by atoms with Gasteiger partial charge in [-0.15, -0.1) is 0 Å². The van der Waals surface area contributed by atoms with Gasteiger partial charge < -0.3 is 10.2 Å². The van der Waals surface area contributed by atoms with Crippen LogP contribution in [0.1, 0.15) is 0 Å². The highest BCUT2D eigenvalue weighted by Gasteiger charge is 2.35. The molecule has 0 bridgehead atoms. The van der Waals surface area contributed by atoms with Gasteiger partial charge in [0, 0.05) is 63.7 Å². The zero-order chi connectivity index (χ0) is 13.6. The van der Waals surface area contributed by atoms with E-state index < -0.39 is 29.8 Å². The van der Waals surface area contributed by atoms with E-state index >= 15 is 0 Å². The van der Waals surface area contributed by atoms with Crippen molar-refractivity contribution in [3.05, 3.63) is 20.2 Å². The second-order valence-electron chi connectivity index (χ2n) is 2.16. The van der Waals surface area contributed by atoms with Crippen molar-refractivity contribution in [3.63, 3.8) is 0 Å². The third-order valence-corrected chi connectivity index (χ3v) is 3.08. The third-order valence-electron chi connectivity index (χ3n) is 0.915. The Balaban J connectivity index is 0. The van der Waals surface area contributed by atoms with Crippen LogP contribution in [0.5, 0.6) is 0 Å². The van der Waals surface area contributed by atoms with Crippen LogP contribution >= 0.6 is 63.7 Å². The molecule has 0 aliphatic carbocycles. The van der Waals surface area contributed by atoms with E-state index in [1.54, 1.807) is 0 Å². The average Bonchev–Trinajstić information content (AvgIpc) is 2.18. The number of aliphatic hydroxyl groups excluding tert-OH is 2. The Hall–Kier alpha value is 0.640. The molecule has 0 spiro atoms. The molecule has 8 nitrogen and oxygen atoms in total. The average molecular weight is 498 g/mol. The monoisotopic (exact) mass is 494 g/mol. The summed E-state index contributed by atoms with van der Waals surface area (Å²) < 4.78 is -3.11. The Labute approximate surface area is 123 Å². The lowest BCUT2D eigenvalue weighted by atomic mass is 10.7. The summed E-state index contributed by atoms with van der Waals surface area (Å²) in [4.78, 5) is 18.3. The van der Waals surface area contributed by atoms with Crippen molar-refractivity contribution in [2.45, 2.75) is 6.71 Å². The Bertz CT molecular complexity index is 233. The molecule has 0 aromatic heterocycles. The van der Waals surface area contributed by atoms with Crippen LogP contribution in [0, 0.1) is 20.2 Å². The maximum absolute atomic E-state index is 9.80. The molecule has 0 rings (SSSR count). The lowest BCUT2D eigenvalue weighted by molar-refractivity contribution is -0.507. The molecule has 96 valence electrons. The molecule has 16 heavy (non-hydrogen) atoms. The van der Waals surface area contributed by atoms with Crippen LogP contribution in [0.2, 0.25) is 0 Å². The third kappa shape index (κ3) is 7.84. The van der Waals surface area contributed by atoms with Gasteiger partial charge in [0.2, 0.25) is 0 Å². The molecule has 0 fully saturated rings. The summed E-state index contributed by atoms with van der Waals surface area (Å²) in [7, 11) is 0. The molecular weight excluding hydrogens is 492 g/mol.